The van der Waals surface area contributed by atoms with Gasteiger partial charge in [0.15, 0.2) is 0 Å². The van der Waals surface area contributed by atoms with E-state index >= 15 is 0 Å². The van der Waals surface area contributed by atoms with Crippen LogP contribution in [0.5, 0.6) is 0 Å². The molecule has 0 unspecified atom stereocenters. The van der Waals surface area contributed by atoms with Gasteiger partial charge < -0.3 is 14.6 Å². The molecule has 3 heterocycles. The van der Waals surface area contributed by atoms with Crippen molar-refractivity contribution in [1.29, 1.82) is 0 Å². The Morgan fingerprint density at radius 1 is 1.31 bits per heavy atom. The first-order valence-corrected chi connectivity index (χ1v) is 10.5. The number of fused-ring (bicyclic) bond motifs is 1. The highest BCUT2D eigenvalue weighted by Crippen LogP contribution is 2.35. The third-order valence-corrected chi connectivity index (χ3v) is 6.13. The Morgan fingerprint density at radius 3 is 2.90 bits per heavy atom. The Hall–Kier alpha value is -1.99. The van der Waals surface area contributed by atoms with Crippen LogP contribution in [0, 0.1) is 0 Å². The van der Waals surface area contributed by atoms with E-state index in [4.69, 9.17) is 4.74 Å². The minimum Gasteiger partial charge on any atom is -0.380 e. The molecule has 1 N–H and O–H groups in total. The predicted octanol–water partition coefficient (Wildman–Crippen LogP) is 3.45. The number of carbonyl (C=O) groups excluding carboxylic acids is 1. The average Bonchev–Trinajstić information content (AvgIpc) is 3.19. The molecule has 0 radical (unpaired) electrons. The summed E-state index contributed by atoms with van der Waals surface area (Å²) in [7, 11) is 0. The smallest absolute Gasteiger partial charge is 0.262 e. The standard InChI is InChI=1S/C22H29F2N3O2/c1-2-29-14-17-10-22(23,24)15-27(17)18-12-26(13-18)21(28)9-5-6-16-11-25-20-8-4-3-7-19(16)20/h3-4,7-8,11,17-18,25H,2,5-6,9-10,12-15H2,1H3/t17-/m0/s1. The number of benzene rings is 1. The van der Waals surface area contributed by atoms with Crippen LogP contribution in [0.2, 0.25) is 0 Å². The Bertz CT molecular complexity index is 847. The van der Waals surface area contributed by atoms with E-state index in [0.29, 0.717) is 32.7 Å². The Morgan fingerprint density at radius 2 is 2.10 bits per heavy atom. The van der Waals surface area contributed by atoms with Crippen LogP contribution in [-0.2, 0) is 16.0 Å². The number of nitrogens with zero attached hydrogens (tertiary/aromatic N) is 2. The van der Waals surface area contributed by atoms with Gasteiger partial charge in [-0.3, -0.25) is 9.69 Å². The van der Waals surface area contributed by atoms with Crippen LogP contribution in [0.15, 0.2) is 30.5 Å². The van der Waals surface area contributed by atoms with Crippen molar-refractivity contribution in [3.05, 3.63) is 36.0 Å². The zero-order valence-corrected chi connectivity index (χ0v) is 16.9. The molecule has 7 heteroatoms. The Kier molecular flexibility index (Phi) is 5.88. The lowest BCUT2D eigenvalue weighted by Gasteiger charge is -2.46. The van der Waals surface area contributed by atoms with Crippen LogP contribution in [0.4, 0.5) is 8.78 Å². The van der Waals surface area contributed by atoms with Gasteiger partial charge in [-0.1, -0.05) is 18.2 Å². The summed E-state index contributed by atoms with van der Waals surface area (Å²) in [5.74, 6) is -2.54. The van der Waals surface area contributed by atoms with Crippen molar-refractivity contribution in [2.45, 2.75) is 50.6 Å². The highest BCUT2D eigenvalue weighted by atomic mass is 19.3. The summed E-state index contributed by atoms with van der Waals surface area (Å²) in [5.41, 5.74) is 2.34. The fourth-order valence-corrected chi connectivity index (χ4v) is 4.55. The third kappa shape index (κ3) is 4.46. The molecule has 2 aliphatic rings. The van der Waals surface area contributed by atoms with E-state index in [2.05, 4.69) is 11.1 Å². The van der Waals surface area contributed by atoms with Crippen molar-refractivity contribution in [3.63, 3.8) is 0 Å². The molecule has 29 heavy (non-hydrogen) atoms. The second-order valence-electron chi connectivity index (χ2n) is 8.21. The SMILES string of the molecule is CCOC[C@@H]1CC(F)(F)CN1C1CN(C(=O)CCCc2c[nH]c3ccccc23)C1. The first-order valence-electron chi connectivity index (χ1n) is 10.5. The molecule has 0 aliphatic carbocycles. The van der Waals surface area contributed by atoms with Gasteiger partial charge in [-0.25, -0.2) is 8.78 Å². The summed E-state index contributed by atoms with van der Waals surface area (Å²) in [5, 5.41) is 1.21. The van der Waals surface area contributed by atoms with Crippen molar-refractivity contribution >= 4 is 16.8 Å². The number of rotatable bonds is 8. The van der Waals surface area contributed by atoms with E-state index in [1.54, 1.807) is 4.90 Å². The summed E-state index contributed by atoms with van der Waals surface area (Å²) in [6.45, 7) is 3.60. The number of carbonyl (C=O) groups is 1. The number of hydrogen-bond donors (Lipinski definition) is 1. The maximum absolute atomic E-state index is 13.9. The number of H-pyrrole nitrogens is 1. The van der Waals surface area contributed by atoms with Gasteiger partial charge >= 0.3 is 0 Å². The van der Waals surface area contributed by atoms with Crippen molar-refractivity contribution in [2.75, 3.05) is 32.8 Å². The van der Waals surface area contributed by atoms with E-state index in [1.165, 1.54) is 10.9 Å². The number of alkyl halides is 2. The molecule has 1 aromatic heterocycles. The van der Waals surface area contributed by atoms with Gasteiger partial charge in [-0.2, -0.15) is 0 Å². The van der Waals surface area contributed by atoms with Crippen molar-refractivity contribution < 1.29 is 18.3 Å². The van der Waals surface area contributed by atoms with Gasteiger partial charge in [-0.05, 0) is 31.4 Å². The predicted molar refractivity (Wildman–Crippen MR) is 108 cm³/mol. The van der Waals surface area contributed by atoms with E-state index in [0.717, 1.165) is 18.4 Å². The average molecular weight is 405 g/mol. The molecule has 0 spiro atoms. The minimum atomic E-state index is -2.66. The number of aromatic nitrogens is 1. The number of ether oxygens (including phenoxy) is 1. The van der Waals surface area contributed by atoms with Crippen LogP contribution < -0.4 is 0 Å². The lowest BCUT2D eigenvalue weighted by molar-refractivity contribution is -0.139. The number of halogens is 2. The number of likely N-dealkylation sites (tertiary alicyclic amines) is 2. The second-order valence-corrected chi connectivity index (χ2v) is 8.21. The molecule has 0 bridgehead atoms. The lowest BCUT2D eigenvalue weighted by atomic mass is 10.0. The van der Waals surface area contributed by atoms with E-state index in [9.17, 15) is 13.6 Å². The molecule has 2 saturated heterocycles. The monoisotopic (exact) mass is 405 g/mol. The van der Waals surface area contributed by atoms with Gasteiger partial charge in [0.2, 0.25) is 5.91 Å². The summed E-state index contributed by atoms with van der Waals surface area (Å²) < 4.78 is 33.2. The zero-order chi connectivity index (χ0) is 20.4. The number of amides is 1. The Balaban J connectivity index is 1.23. The molecule has 0 saturated carbocycles. The zero-order valence-electron chi connectivity index (χ0n) is 16.9. The molecule has 5 nitrogen and oxygen atoms in total. The minimum absolute atomic E-state index is 0.0198. The fraction of sp³-hybridized carbons (Fsp3) is 0.591. The fourth-order valence-electron chi connectivity index (χ4n) is 4.55. The van der Waals surface area contributed by atoms with Crippen LogP contribution in [-0.4, -0.2) is 71.5 Å². The van der Waals surface area contributed by atoms with Crippen molar-refractivity contribution in [2.24, 2.45) is 0 Å². The lowest BCUT2D eigenvalue weighted by Crippen LogP contribution is -2.62. The molecule has 1 aromatic carbocycles. The summed E-state index contributed by atoms with van der Waals surface area (Å²) in [6.07, 6.45) is 3.99. The first kappa shape index (κ1) is 20.3. The molecule has 1 amide bonds. The summed E-state index contributed by atoms with van der Waals surface area (Å²) >= 11 is 0. The van der Waals surface area contributed by atoms with Crippen molar-refractivity contribution in [1.82, 2.24) is 14.8 Å². The van der Waals surface area contributed by atoms with E-state index in [-0.39, 0.29) is 31.0 Å². The molecule has 2 aromatic rings. The molecule has 1 atom stereocenters. The molecule has 2 aliphatic heterocycles. The van der Waals surface area contributed by atoms with Crippen LogP contribution >= 0.6 is 0 Å². The number of aryl methyl sites for hydroxylation is 1. The van der Waals surface area contributed by atoms with Crippen LogP contribution in [0.3, 0.4) is 0 Å². The molecule has 4 rings (SSSR count). The maximum Gasteiger partial charge on any atom is 0.262 e. The van der Waals surface area contributed by atoms with E-state index in [1.807, 2.05) is 36.2 Å². The van der Waals surface area contributed by atoms with E-state index < -0.39 is 5.92 Å². The van der Waals surface area contributed by atoms with Gasteiger partial charge in [-0.15, -0.1) is 0 Å². The quantitative estimate of drug-likeness (QED) is 0.732. The van der Waals surface area contributed by atoms with Crippen LogP contribution in [0.1, 0.15) is 31.7 Å². The third-order valence-electron chi connectivity index (χ3n) is 6.13. The number of nitrogens with one attached hydrogen (secondary N) is 1. The Labute approximate surface area is 170 Å². The molecule has 158 valence electrons. The van der Waals surface area contributed by atoms with Gasteiger partial charge in [0.1, 0.15) is 0 Å². The van der Waals surface area contributed by atoms with Crippen LogP contribution in [0.25, 0.3) is 10.9 Å². The molecular weight excluding hydrogens is 376 g/mol. The van der Waals surface area contributed by atoms with Gasteiger partial charge in [0.05, 0.1) is 13.2 Å². The van der Waals surface area contributed by atoms with Gasteiger partial charge in [0, 0.05) is 61.7 Å². The second kappa shape index (κ2) is 8.40. The normalized spacial score (nSPS) is 22.3. The number of para-hydroxylation sites is 1. The number of aromatic amines is 1. The molecular formula is C22H29F2N3O2. The maximum atomic E-state index is 13.9. The highest BCUT2D eigenvalue weighted by Gasteiger charge is 2.50. The summed E-state index contributed by atoms with van der Waals surface area (Å²) in [6, 6.07) is 7.92. The topological polar surface area (TPSA) is 48.6 Å². The molecule has 2 fully saturated rings. The van der Waals surface area contributed by atoms with Crippen molar-refractivity contribution in [3.8, 4) is 0 Å². The van der Waals surface area contributed by atoms with Gasteiger partial charge in [0.25, 0.3) is 5.92 Å². The number of hydrogen-bond acceptors (Lipinski definition) is 3. The first-order chi connectivity index (χ1) is 14.0. The largest absolute Gasteiger partial charge is 0.380 e. The highest BCUT2D eigenvalue weighted by molar-refractivity contribution is 5.83. The summed E-state index contributed by atoms with van der Waals surface area (Å²) in [4.78, 5) is 19.4.